The second-order valence-corrected chi connectivity index (χ2v) is 9.80. The predicted molar refractivity (Wildman–Crippen MR) is 114 cm³/mol. The van der Waals surface area contributed by atoms with E-state index in [0.29, 0.717) is 23.0 Å². The van der Waals surface area contributed by atoms with Gasteiger partial charge in [0.2, 0.25) is 11.8 Å². The Hall–Kier alpha value is -1.30. The zero-order valence-electron chi connectivity index (χ0n) is 16.8. The molecule has 2 heterocycles. The molecule has 0 spiro atoms. The second kappa shape index (κ2) is 8.60. The molecule has 28 heavy (non-hydrogen) atoms. The van der Waals surface area contributed by atoms with Crippen molar-refractivity contribution in [3.05, 3.63) is 28.2 Å². The lowest BCUT2D eigenvalue weighted by Gasteiger charge is -2.35. The minimum Gasteiger partial charge on any atom is -0.343 e. The van der Waals surface area contributed by atoms with Gasteiger partial charge in [-0.1, -0.05) is 44.0 Å². The number of nitrogens with one attached hydrogen (secondary N) is 1. The third-order valence-corrected chi connectivity index (χ3v) is 6.13. The Morgan fingerprint density at radius 2 is 1.79 bits per heavy atom. The number of anilines is 1. The molecule has 1 aromatic carbocycles. The molecule has 1 N–H and O–H groups in total. The predicted octanol–water partition coefficient (Wildman–Crippen LogP) is 4.12. The van der Waals surface area contributed by atoms with Gasteiger partial charge >= 0.3 is 0 Å². The van der Waals surface area contributed by atoms with Gasteiger partial charge in [0.05, 0.1) is 16.1 Å². The number of carbonyl (C=O) groups excluding carboxylic acids is 2. The highest BCUT2D eigenvalue weighted by Gasteiger charge is 2.35. The molecule has 1 aromatic rings. The molecule has 0 bridgehead atoms. The van der Waals surface area contributed by atoms with Gasteiger partial charge in [-0.25, -0.2) is 0 Å². The molecule has 0 aromatic heterocycles. The molecule has 2 saturated heterocycles. The molecular weight excluding hydrogens is 397 g/mol. The fourth-order valence-corrected chi connectivity index (χ4v) is 4.18. The van der Waals surface area contributed by atoms with E-state index in [-0.39, 0.29) is 29.3 Å². The average Bonchev–Trinajstić information content (AvgIpc) is 2.97. The number of nitrogens with zero attached hydrogens (tertiary/aromatic N) is 2. The fourth-order valence-electron chi connectivity index (χ4n) is 3.89. The fraction of sp³-hybridized carbons (Fsp3) is 0.619. The molecule has 1 atom stereocenters. The smallest absolute Gasteiger partial charge is 0.244 e. The van der Waals surface area contributed by atoms with E-state index in [0.717, 1.165) is 38.0 Å². The highest BCUT2D eigenvalue weighted by Crippen LogP contribution is 2.30. The van der Waals surface area contributed by atoms with Gasteiger partial charge in [-0.3, -0.25) is 9.59 Å². The molecular formula is C21H29Cl2N3O2. The molecule has 2 amide bonds. The Balaban J connectivity index is 1.51. The van der Waals surface area contributed by atoms with Crippen molar-refractivity contribution in [3.63, 3.8) is 0 Å². The van der Waals surface area contributed by atoms with Crippen LogP contribution in [-0.2, 0) is 9.59 Å². The number of likely N-dealkylation sites (tertiary alicyclic amines) is 1. The largest absolute Gasteiger partial charge is 0.343 e. The monoisotopic (exact) mass is 425 g/mol. The van der Waals surface area contributed by atoms with Crippen molar-refractivity contribution in [2.45, 2.75) is 58.5 Å². The number of carbonyl (C=O) groups is 2. The summed E-state index contributed by atoms with van der Waals surface area (Å²) in [6, 6.07) is 5.37. The molecule has 0 saturated carbocycles. The highest BCUT2D eigenvalue weighted by molar-refractivity contribution is 6.42. The van der Waals surface area contributed by atoms with E-state index >= 15 is 0 Å². The van der Waals surface area contributed by atoms with E-state index in [1.54, 1.807) is 17.0 Å². The van der Waals surface area contributed by atoms with Gasteiger partial charge < -0.3 is 15.1 Å². The van der Waals surface area contributed by atoms with Crippen molar-refractivity contribution in [1.82, 2.24) is 10.2 Å². The van der Waals surface area contributed by atoms with Crippen LogP contribution in [0.15, 0.2) is 18.2 Å². The Morgan fingerprint density at radius 1 is 1.11 bits per heavy atom. The first-order chi connectivity index (χ1) is 13.1. The number of rotatable bonds is 4. The quantitative estimate of drug-likeness (QED) is 0.788. The van der Waals surface area contributed by atoms with Crippen LogP contribution in [0.5, 0.6) is 0 Å². The lowest BCUT2D eigenvalue weighted by molar-refractivity contribution is -0.134. The Labute approximate surface area is 177 Å². The molecule has 2 aliphatic rings. The second-order valence-electron chi connectivity index (χ2n) is 8.99. The number of hydrogen-bond donors (Lipinski definition) is 1. The van der Waals surface area contributed by atoms with Gasteiger partial charge in [-0.15, -0.1) is 0 Å². The van der Waals surface area contributed by atoms with Crippen LogP contribution in [0.2, 0.25) is 10.0 Å². The maximum absolute atomic E-state index is 12.8. The van der Waals surface area contributed by atoms with E-state index in [1.165, 1.54) is 0 Å². The zero-order chi connectivity index (χ0) is 20.5. The van der Waals surface area contributed by atoms with Crippen molar-refractivity contribution in [2.75, 3.05) is 24.5 Å². The van der Waals surface area contributed by atoms with Crippen LogP contribution < -0.4 is 10.2 Å². The van der Waals surface area contributed by atoms with Crippen LogP contribution >= 0.6 is 23.2 Å². The summed E-state index contributed by atoms with van der Waals surface area (Å²) >= 11 is 12.1. The third-order valence-electron chi connectivity index (χ3n) is 5.39. The minimum absolute atomic E-state index is 0.0104. The molecule has 154 valence electrons. The van der Waals surface area contributed by atoms with Crippen LogP contribution in [0.25, 0.3) is 0 Å². The first-order valence-corrected chi connectivity index (χ1v) is 10.7. The number of amides is 2. The van der Waals surface area contributed by atoms with Crippen molar-refractivity contribution in [1.29, 1.82) is 0 Å². The summed E-state index contributed by atoms with van der Waals surface area (Å²) in [4.78, 5) is 28.9. The Kier molecular flexibility index (Phi) is 6.58. The summed E-state index contributed by atoms with van der Waals surface area (Å²) in [7, 11) is 0. The standard InChI is InChI=1S/C21H29Cl2N3O2/c1-21(2,3)13-19(27)25-9-6-14(7-10-25)24-18-8-11-26(20(18)28)15-4-5-16(22)17(23)12-15/h4-5,12,14,18,24H,6-11,13H2,1-3H3. The third kappa shape index (κ3) is 5.19. The lowest BCUT2D eigenvalue weighted by atomic mass is 9.91. The molecule has 2 fully saturated rings. The normalized spacial score (nSPS) is 21.5. The van der Waals surface area contributed by atoms with Crippen molar-refractivity contribution in [3.8, 4) is 0 Å². The first kappa shape index (κ1) is 21.4. The molecule has 3 rings (SSSR count). The molecule has 2 aliphatic heterocycles. The average molecular weight is 426 g/mol. The summed E-state index contributed by atoms with van der Waals surface area (Å²) in [6.07, 6.45) is 3.10. The highest BCUT2D eigenvalue weighted by atomic mass is 35.5. The summed E-state index contributed by atoms with van der Waals surface area (Å²) in [6.45, 7) is 8.44. The van der Waals surface area contributed by atoms with Crippen LogP contribution in [0.1, 0.15) is 46.5 Å². The van der Waals surface area contributed by atoms with Crippen LogP contribution in [0, 0.1) is 5.41 Å². The van der Waals surface area contributed by atoms with E-state index in [2.05, 4.69) is 26.1 Å². The van der Waals surface area contributed by atoms with E-state index in [1.807, 2.05) is 11.0 Å². The number of piperidine rings is 1. The van der Waals surface area contributed by atoms with Gasteiger partial charge in [0.15, 0.2) is 0 Å². The van der Waals surface area contributed by atoms with Crippen LogP contribution in [0.3, 0.4) is 0 Å². The lowest BCUT2D eigenvalue weighted by Crippen LogP contribution is -2.50. The van der Waals surface area contributed by atoms with Crippen LogP contribution in [0.4, 0.5) is 5.69 Å². The summed E-state index contributed by atoms with van der Waals surface area (Å²) in [5.74, 6) is 0.304. The number of hydrogen-bond acceptors (Lipinski definition) is 3. The SMILES string of the molecule is CC(C)(C)CC(=O)N1CCC(NC2CCN(c3ccc(Cl)c(Cl)c3)C2=O)CC1. The van der Waals surface area contributed by atoms with E-state index < -0.39 is 0 Å². The van der Waals surface area contributed by atoms with Crippen molar-refractivity contribution < 1.29 is 9.59 Å². The molecule has 0 radical (unpaired) electrons. The minimum atomic E-state index is -0.184. The van der Waals surface area contributed by atoms with E-state index in [4.69, 9.17) is 23.2 Å². The van der Waals surface area contributed by atoms with Crippen LogP contribution in [-0.4, -0.2) is 48.4 Å². The van der Waals surface area contributed by atoms with Gasteiger partial charge in [0.25, 0.3) is 0 Å². The first-order valence-electron chi connectivity index (χ1n) is 9.94. The summed E-state index contributed by atoms with van der Waals surface area (Å²) in [5, 5.41) is 4.45. The summed E-state index contributed by atoms with van der Waals surface area (Å²) < 4.78 is 0. The molecule has 7 heteroatoms. The zero-order valence-corrected chi connectivity index (χ0v) is 18.3. The van der Waals surface area contributed by atoms with Gasteiger partial charge in [0, 0.05) is 37.8 Å². The van der Waals surface area contributed by atoms with Crippen molar-refractivity contribution in [2.24, 2.45) is 5.41 Å². The Morgan fingerprint density at radius 3 is 2.39 bits per heavy atom. The van der Waals surface area contributed by atoms with Gasteiger partial charge in [0.1, 0.15) is 0 Å². The maximum Gasteiger partial charge on any atom is 0.244 e. The molecule has 1 unspecified atom stereocenters. The summed E-state index contributed by atoms with van der Waals surface area (Å²) in [5.41, 5.74) is 0.794. The number of halogens is 2. The molecule has 0 aliphatic carbocycles. The maximum atomic E-state index is 12.8. The Bertz CT molecular complexity index is 740. The van der Waals surface area contributed by atoms with Crippen molar-refractivity contribution >= 4 is 40.7 Å². The van der Waals surface area contributed by atoms with E-state index in [9.17, 15) is 9.59 Å². The topological polar surface area (TPSA) is 52.7 Å². The van der Waals surface area contributed by atoms with Gasteiger partial charge in [-0.2, -0.15) is 0 Å². The number of benzene rings is 1. The van der Waals surface area contributed by atoms with Gasteiger partial charge in [-0.05, 0) is 42.9 Å². The molecule has 5 nitrogen and oxygen atoms in total.